The van der Waals surface area contributed by atoms with E-state index in [1.165, 1.54) is 12.1 Å². The first-order valence-electron chi connectivity index (χ1n) is 4.51. The number of hydrogen-bond acceptors (Lipinski definition) is 2. The third kappa shape index (κ3) is 2.40. The summed E-state index contributed by atoms with van der Waals surface area (Å²) >= 11 is 3.78. The molecule has 1 aromatic carbocycles. The van der Waals surface area contributed by atoms with E-state index in [2.05, 4.69) is 27.9 Å². The Morgan fingerprint density at radius 2 is 2.06 bits per heavy atom. The van der Waals surface area contributed by atoms with Crippen molar-refractivity contribution in [3.05, 3.63) is 36.3 Å². The van der Waals surface area contributed by atoms with Gasteiger partial charge in [0.25, 0.3) is 0 Å². The zero-order valence-corrected chi connectivity index (χ0v) is 9.05. The summed E-state index contributed by atoms with van der Waals surface area (Å²) in [4.78, 5) is 7.02. The summed E-state index contributed by atoms with van der Waals surface area (Å²) in [5, 5.41) is 9.73. The molecule has 0 atom stereocenters. The van der Waals surface area contributed by atoms with Crippen molar-refractivity contribution in [2.45, 2.75) is 0 Å². The maximum atomic E-state index is 12.7. The summed E-state index contributed by atoms with van der Waals surface area (Å²) in [7, 11) is 0. The lowest BCUT2D eigenvalue weighted by molar-refractivity contribution is 0.628. The number of hydrogen-bond donors (Lipinski definition) is 4. The van der Waals surface area contributed by atoms with Crippen LogP contribution in [0.2, 0.25) is 0 Å². The van der Waals surface area contributed by atoms with Gasteiger partial charge in [0.05, 0.1) is 5.69 Å². The normalized spacial score (nSPS) is 10.1. The van der Waals surface area contributed by atoms with Crippen molar-refractivity contribution in [2.75, 3.05) is 5.32 Å². The minimum absolute atomic E-state index is 0.00000567. The Balaban J connectivity index is 2.24. The molecule has 0 saturated carbocycles. The Kier molecular flexibility index (Phi) is 2.91. The molecule has 0 aliphatic rings. The fourth-order valence-corrected chi connectivity index (χ4v) is 1.37. The van der Waals surface area contributed by atoms with E-state index in [1.54, 1.807) is 18.3 Å². The van der Waals surface area contributed by atoms with Crippen molar-refractivity contribution in [2.24, 2.45) is 0 Å². The van der Waals surface area contributed by atoms with Gasteiger partial charge in [0.1, 0.15) is 5.82 Å². The van der Waals surface area contributed by atoms with Gasteiger partial charge in [-0.3, -0.25) is 5.41 Å². The van der Waals surface area contributed by atoms with Gasteiger partial charge in [-0.15, -0.1) is 12.6 Å². The number of thiol groups is 1. The molecule has 3 N–H and O–H groups in total. The summed E-state index contributed by atoms with van der Waals surface area (Å²) in [5.41, 5.74) is 1.48. The number of benzene rings is 1. The quantitative estimate of drug-likeness (QED) is 0.368. The van der Waals surface area contributed by atoms with Crippen molar-refractivity contribution >= 4 is 23.7 Å². The van der Waals surface area contributed by atoms with Gasteiger partial charge >= 0.3 is 0 Å². The predicted molar refractivity (Wildman–Crippen MR) is 64.3 cm³/mol. The number of halogens is 1. The number of rotatable bonds is 2. The highest BCUT2D eigenvalue weighted by Crippen LogP contribution is 2.18. The minimum Gasteiger partial charge on any atom is -0.330 e. The number of anilines is 1. The Bertz CT molecular complexity index is 506. The highest BCUT2D eigenvalue weighted by Gasteiger charge is 2.04. The van der Waals surface area contributed by atoms with Crippen molar-refractivity contribution in [1.82, 2.24) is 9.97 Å². The number of H-pyrrole nitrogens is 1. The first-order chi connectivity index (χ1) is 7.65. The summed E-state index contributed by atoms with van der Waals surface area (Å²) in [6, 6.07) is 6.03. The fraction of sp³-hybridized carbons (Fsp3) is 0. The predicted octanol–water partition coefficient (Wildman–Crippen LogP) is 2.49. The molecule has 0 amide bonds. The molecule has 0 fully saturated rings. The summed E-state index contributed by atoms with van der Waals surface area (Å²) < 4.78 is 12.7. The standard InChI is InChI=1S/C10H9FN4S/c11-7-3-1-6(2-4-7)8-5-13-10(14-8)15-9(12)16/h1-5H,(H4,12,13,14,15,16). The molecule has 0 radical (unpaired) electrons. The van der Waals surface area contributed by atoms with Gasteiger partial charge in [-0.25, -0.2) is 9.37 Å². The molecule has 0 unspecified atom stereocenters. The highest BCUT2D eigenvalue weighted by molar-refractivity contribution is 7.97. The van der Waals surface area contributed by atoms with Gasteiger partial charge < -0.3 is 10.3 Å². The van der Waals surface area contributed by atoms with E-state index in [1.807, 2.05) is 0 Å². The summed E-state index contributed by atoms with van der Waals surface area (Å²) in [6.07, 6.45) is 1.67. The SMILES string of the molecule is N=C(S)Nc1nc(-c2ccc(F)cc2)c[nH]1. The summed E-state index contributed by atoms with van der Waals surface area (Å²) in [5.74, 6) is 0.147. The van der Waals surface area contributed by atoms with Gasteiger partial charge in [-0.1, -0.05) is 0 Å². The first kappa shape index (κ1) is 10.7. The van der Waals surface area contributed by atoms with Gasteiger partial charge in [0, 0.05) is 11.8 Å². The van der Waals surface area contributed by atoms with Crippen LogP contribution in [0.3, 0.4) is 0 Å². The van der Waals surface area contributed by atoms with Crippen LogP contribution in [0.25, 0.3) is 11.3 Å². The van der Waals surface area contributed by atoms with E-state index in [0.29, 0.717) is 11.6 Å². The maximum absolute atomic E-state index is 12.7. The summed E-state index contributed by atoms with van der Waals surface area (Å²) in [6.45, 7) is 0. The van der Waals surface area contributed by atoms with Crippen LogP contribution in [0.4, 0.5) is 10.3 Å². The number of nitrogens with zero attached hydrogens (tertiary/aromatic N) is 1. The molecule has 82 valence electrons. The molecule has 1 aromatic heterocycles. The molecule has 4 nitrogen and oxygen atoms in total. The monoisotopic (exact) mass is 236 g/mol. The van der Waals surface area contributed by atoms with Gasteiger partial charge in [-0.2, -0.15) is 0 Å². The van der Waals surface area contributed by atoms with E-state index in [9.17, 15) is 4.39 Å². The lowest BCUT2D eigenvalue weighted by Crippen LogP contribution is -2.03. The third-order valence-electron chi connectivity index (χ3n) is 1.95. The Hall–Kier alpha value is -1.82. The smallest absolute Gasteiger partial charge is 0.206 e. The number of imidazole rings is 1. The zero-order chi connectivity index (χ0) is 11.5. The highest BCUT2D eigenvalue weighted by atomic mass is 32.1. The van der Waals surface area contributed by atoms with E-state index >= 15 is 0 Å². The van der Waals surface area contributed by atoms with E-state index < -0.39 is 0 Å². The van der Waals surface area contributed by atoms with Crippen molar-refractivity contribution in [3.63, 3.8) is 0 Å². The maximum Gasteiger partial charge on any atom is 0.206 e. The van der Waals surface area contributed by atoms with Gasteiger partial charge in [0.15, 0.2) is 5.17 Å². The topological polar surface area (TPSA) is 64.6 Å². The van der Waals surface area contributed by atoms with Gasteiger partial charge in [0.2, 0.25) is 5.95 Å². The minimum atomic E-state index is -0.283. The molecule has 16 heavy (non-hydrogen) atoms. The first-order valence-corrected chi connectivity index (χ1v) is 4.96. The lowest BCUT2D eigenvalue weighted by atomic mass is 10.2. The molecule has 2 aromatic rings. The molecule has 0 aliphatic heterocycles. The molecule has 6 heteroatoms. The number of aromatic amines is 1. The largest absolute Gasteiger partial charge is 0.330 e. The zero-order valence-electron chi connectivity index (χ0n) is 8.16. The van der Waals surface area contributed by atoms with E-state index in [4.69, 9.17) is 5.41 Å². The van der Waals surface area contributed by atoms with Crippen LogP contribution < -0.4 is 5.32 Å². The Morgan fingerprint density at radius 3 is 2.69 bits per heavy atom. The molecule has 0 saturated heterocycles. The lowest BCUT2D eigenvalue weighted by Gasteiger charge is -1.97. The van der Waals surface area contributed by atoms with Crippen LogP contribution in [-0.2, 0) is 0 Å². The third-order valence-corrected chi connectivity index (χ3v) is 2.07. The molecular formula is C10H9FN4S. The molecule has 0 spiro atoms. The Morgan fingerprint density at radius 1 is 1.38 bits per heavy atom. The van der Waals surface area contributed by atoms with Crippen LogP contribution >= 0.6 is 12.6 Å². The number of amidine groups is 1. The van der Waals surface area contributed by atoms with Crippen LogP contribution in [-0.4, -0.2) is 15.1 Å². The van der Waals surface area contributed by atoms with Crippen molar-refractivity contribution < 1.29 is 4.39 Å². The number of aromatic nitrogens is 2. The van der Waals surface area contributed by atoms with Crippen LogP contribution in [0.15, 0.2) is 30.5 Å². The average molecular weight is 236 g/mol. The second-order valence-corrected chi connectivity index (χ2v) is 3.56. The second kappa shape index (κ2) is 4.36. The van der Waals surface area contributed by atoms with Crippen molar-refractivity contribution in [1.29, 1.82) is 5.41 Å². The average Bonchev–Trinajstić information content (AvgIpc) is 2.66. The molecular weight excluding hydrogens is 227 g/mol. The molecule has 1 heterocycles. The van der Waals surface area contributed by atoms with Crippen LogP contribution in [0.5, 0.6) is 0 Å². The van der Waals surface area contributed by atoms with Crippen molar-refractivity contribution in [3.8, 4) is 11.3 Å². The van der Waals surface area contributed by atoms with Gasteiger partial charge in [-0.05, 0) is 24.3 Å². The molecule has 0 aliphatic carbocycles. The Labute approximate surface area is 96.8 Å². The van der Waals surface area contributed by atoms with E-state index in [-0.39, 0.29) is 11.0 Å². The van der Waals surface area contributed by atoms with Crippen LogP contribution in [0.1, 0.15) is 0 Å². The molecule has 2 rings (SSSR count). The van der Waals surface area contributed by atoms with E-state index in [0.717, 1.165) is 5.56 Å². The fourth-order valence-electron chi connectivity index (χ4n) is 1.27. The second-order valence-electron chi connectivity index (χ2n) is 3.11. The van der Waals surface area contributed by atoms with Crippen LogP contribution in [0, 0.1) is 11.2 Å². The molecule has 0 bridgehead atoms. The number of nitrogens with one attached hydrogen (secondary N) is 3.